The molecule has 2 aromatic rings. The molecule has 0 aliphatic carbocycles. The van der Waals surface area contributed by atoms with Crippen molar-refractivity contribution in [2.24, 2.45) is 0 Å². The van der Waals surface area contributed by atoms with E-state index in [1.165, 1.54) is 0 Å². The fourth-order valence-corrected chi connectivity index (χ4v) is 3.63. The number of rotatable bonds is 9. The van der Waals surface area contributed by atoms with E-state index >= 15 is 0 Å². The standard InChI is InChI=1S/C19H25NO3S/c1-16-13-17(2)15-19(14-16)23-11-10-20-24(21,22)12-6-9-18-7-4-3-5-8-18/h3-5,7-8,13-15,20H,6,9-12H2,1-2H3. The Hall–Kier alpha value is -1.85. The summed E-state index contributed by atoms with van der Waals surface area (Å²) < 4.78 is 32.1. The minimum absolute atomic E-state index is 0.130. The number of hydrogen-bond donors (Lipinski definition) is 1. The zero-order chi connectivity index (χ0) is 17.4. The zero-order valence-electron chi connectivity index (χ0n) is 14.3. The SMILES string of the molecule is Cc1cc(C)cc(OCCNS(=O)(=O)CCCc2ccccc2)c1. The zero-order valence-corrected chi connectivity index (χ0v) is 15.1. The van der Waals surface area contributed by atoms with E-state index in [2.05, 4.69) is 10.8 Å². The number of ether oxygens (including phenoxy) is 1. The van der Waals surface area contributed by atoms with Gasteiger partial charge in [0.05, 0.1) is 5.75 Å². The third kappa shape index (κ3) is 6.72. The summed E-state index contributed by atoms with van der Waals surface area (Å²) in [6, 6.07) is 15.9. The summed E-state index contributed by atoms with van der Waals surface area (Å²) in [5.41, 5.74) is 3.42. The average Bonchev–Trinajstić information content (AvgIpc) is 2.52. The highest BCUT2D eigenvalue weighted by molar-refractivity contribution is 7.89. The van der Waals surface area contributed by atoms with E-state index in [1.54, 1.807) is 0 Å². The fraction of sp³-hybridized carbons (Fsp3) is 0.368. The Bertz CT molecular complexity index is 722. The van der Waals surface area contributed by atoms with Crippen molar-refractivity contribution in [3.63, 3.8) is 0 Å². The van der Waals surface area contributed by atoms with Crippen molar-refractivity contribution >= 4 is 10.0 Å². The monoisotopic (exact) mass is 347 g/mol. The molecular weight excluding hydrogens is 322 g/mol. The molecule has 0 aromatic heterocycles. The van der Waals surface area contributed by atoms with Crippen molar-refractivity contribution in [1.82, 2.24) is 4.72 Å². The maximum absolute atomic E-state index is 12.0. The van der Waals surface area contributed by atoms with Crippen molar-refractivity contribution in [3.05, 3.63) is 65.2 Å². The van der Waals surface area contributed by atoms with Gasteiger partial charge in [-0.15, -0.1) is 0 Å². The van der Waals surface area contributed by atoms with Crippen LogP contribution in [0.5, 0.6) is 5.75 Å². The molecule has 2 rings (SSSR count). The Morgan fingerprint density at radius 2 is 1.67 bits per heavy atom. The number of nitrogens with one attached hydrogen (secondary N) is 1. The number of benzene rings is 2. The molecule has 0 aliphatic heterocycles. The molecule has 130 valence electrons. The summed E-state index contributed by atoms with van der Waals surface area (Å²) in [6.07, 6.45) is 1.37. The van der Waals surface area contributed by atoms with Crippen molar-refractivity contribution < 1.29 is 13.2 Å². The van der Waals surface area contributed by atoms with Crippen LogP contribution in [-0.4, -0.2) is 27.3 Å². The van der Waals surface area contributed by atoms with E-state index < -0.39 is 10.0 Å². The average molecular weight is 347 g/mol. The van der Waals surface area contributed by atoms with Gasteiger partial charge in [0, 0.05) is 6.54 Å². The van der Waals surface area contributed by atoms with Gasteiger partial charge in [-0.1, -0.05) is 36.4 Å². The lowest BCUT2D eigenvalue weighted by Gasteiger charge is -2.10. The molecule has 0 aliphatic rings. The predicted octanol–water partition coefficient (Wildman–Crippen LogP) is 3.23. The normalized spacial score (nSPS) is 11.4. The van der Waals surface area contributed by atoms with Crippen molar-refractivity contribution in [2.45, 2.75) is 26.7 Å². The van der Waals surface area contributed by atoms with Crippen LogP contribution in [0.4, 0.5) is 0 Å². The lowest BCUT2D eigenvalue weighted by molar-refractivity contribution is 0.322. The summed E-state index contributed by atoms with van der Waals surface area (Å²) in [7, 11) is -3.25. The van der Waals surface area contributed by atoms with Gasteiger partial charge in [-0.2, -0.15) is 0 Å². The van der Waals surface area contributed by atoms with Crippen LogP contribution in [0.1, 0.15) is 23.1 Å². The summed E-state index contributed by atoms with van der Waals surface area (Å²) in [5, 5.41) is 0. The van der Waals surface area contributed by atoms with Crippen LogP contribution in [0.25, 0.3) is 0 Å². The van der Waals surface area contributed by atoms with E-state index in [4.69, 9.17) is 4.74 Å². The Kier molecular flexibility index (Phi) is 6.82. The smallest absolute Gasteiger partial charge is 0.211 e. The van der Waals surface area contributed by atoms with E-state index in [-0.39, 0.29) is 12.3 Å². The van der Waals surface area contributed by atoms with Gasteiger partial charge in [-0.3, -0.25) is 0 Å². The molecule has 0 spiro atoms. The Balaban J connectivity index is 1.68. The van der Waals surface area contributed by atoms with Crippen LogP contribution in [0.3, 0.4) is 0 Å². The van der Waals surface area contributed by atoms with Crippen molar-refractivity contribution in [2.75, 3.05) is 18.9 Å². The van der Waals surface area contributed by atoms with Gasteiger partial charge in [0.15, 0.2) is 0 Å². The molecular formula is C19H25NO3S. The van der Waals surface area contributed by atoms with Gasteiger partial charge in [0.2, 0.25) is 10.0 Å². The molecule has 1 N–H and O–H groups in total. The Morgan fingerprint density at radius 1 is 1.00 bits per heavy atom. The molecule has 2 aromatic carbocycles. The Labute approximate surface area is 144 Å². The topological polar surface area (TPSA) is 55.4 Å². The van der Waals surface area contributed by atoms with Crippen molar-refractivity contribution in [1.29, 1.82) is 0 Å². The number of aryl methyl sites for hydroxylation is 3. The highest BCUT2D eigenvalue weighted by Gasteiger charge is 2.09. The minimum atomic E-state index is -3.25. The van der Waals surface area contributed by atoms with Crippen LogP contribution < -0.4 is 9.46 Å². The molecule has 4 nitrogen and oxygen atoms in total. The van der Waals surface area contributed by atoms with Crippen LogP contribution >= 0.6 is 0 Å². The lowest BCUT2D eigenvalue weighted by Crippen LogP contribution is -2.30. The second-order valence-corrected chi connectivity index (χ2v) is 7.90. The van der Waals surface area contributed by atoms with Gasteiger partial charge in [-0.05, 0) is 55.5 Å². The number of sulfonamides is 1. The molecule has 0 radical (unpaired) electrons. The van der Waals surface area contributed by atoms with E-state index in [0.29, 0.717) is 13.0 Å². The van der Waals surface area contributed by atoms with Gasteiger partial charge < -0.3 is 4.74 Å². The maximum Gasteiger partial charge on any atom is 0.211 e. The van der Waals surface area contributed by atoms with Gasteiger partial charge in [0.1, 0.15) is 12.4 Å². The van der Waals surface area contributed by atoms with Crippen molar-refractivity contribution in [3.8, 4) is 5.75 Å². The maximum atomic E-state index is 12.0. The summed E-state index contributed by atoms with van der Waals surface area (Å²) in [5.74, 6) is 0.904. The van der Waals surface area contributed by atoms with Gasteiger partial charge in [0.25, 0.3) is 0 Å². The Morgan fingerprint density at radius 3 is 2.33 bits per heavy atom. The first-order chi connectivity index (χ1) is 11.4. The first kappa shape index (κ1) is 18.5. The largest absolute Gasteiger partial charge is 0.492 e. The highest BCUT2D eigenvalue weighted by atomic mass is 32.2. The molecule has 0 saturated carbocycles. The molecule has 5 heteroatoms. The fourth-order valence-electron chi connectivity index (χ4n) is 2.57. The number of hydrogen-bond acceptors (Lipinski definition) is 3. The third-order valence-electron chi connectivity index (χ3n) is 3.61. The van der Waals surface area contributed by atoms with Gasteiger partial charge in [-0.25, -0.2) is 13.1 Å². The molecule has 0 bridgehead atoms. The van der Waals surface area contributed by atoms with Crippen LogP contribution in [0.15, 0.2) is 48.5 Å². The second-order valence-electron chi connectivity index (χ2n) is 5.97. The first-order valence-electron chi connectivity index (χ1n) is 8.17. The van der Waals surface area contributed by atoms with E-state index in [0.717, 1.165) is 28.9 Å². The predicted molar refractivity (Wildman–Crippen MR) is 98.0 cm³/mol. The molecule has 0 fully saturated rings. The van der Waals surface area contributed by atoms with E-state index in [9.17, 15) is 8.42 Å². The quantitative estimate of drug-likeness (QED) is 0.709. The molecule has 0 amide bonds. The molecule has 24 heavy (non-hydrogen) atoms. The molecule has 0 heterocycles. The minimum Gasteiger partial charge on any atom is -0.492 e. The van der Waals surface area contributed by atoms with Gasteiger partial charge >= 0.3 is 0 Å². The molecule has 0 atom stereocenters. The van der Waals surface area contributed by atoms with Crippen LogP contribution in [0.2, 0.25) is 0 Å². The summed E-state index contributed by atoms with van der Waals surface area (Å²) in [6.45, 7) is 4.62. The highest BCUT2D eigenvalue weighted by Crippen LogP contribution is 2.15. The molecule has 0 saturated heterocycles. The third-order valence-corrected chi connectivity index (χ3v) is 5.08. The molecule has 0 unspecified atom stereocenters. The lowest BCUT2D eigenvalue weighted by atomic mass is 10.1. The van der Waals surface area contributed by atoms with Crippen LogP contribution in [0, 0.1) is 13.8 Å². The summed E-state index contributed by atoms with van der Waals surface area (Å²) >= 11 is 0. The summed E-state index contributed by atoms with van der Waals surface area (Å²) in [4.78, 5) is 0. The first-order valence-corrected chi connectivity index (χ1v) is 9.82. The van der Waals surface area contributed by atoms with E-state index in [1.807, 2.05) is 56.3 Å². The van der Waals surface area contributed by atoms with Crippen LogP contribution in [-0.2, 0) is 16.4 Å². The second kappa shape index (κ2) is 8.85.